The first-order valence-electron chi connectivity index (χ1n) is 5.73. The molecule has 0 unspecified atom stereocenters. The van der Waals surface area contributed by atoms with E-state index in [-0.39, 0.29) is 5.82 Å². The second-order valence-electron chi connectivity index (χ2n) is 4.20. The predicted molar refractivity (Wildman–Crippen MR) is 72.1 cm³/mol. The van der Waals surface area contributed by atoms with E-state index in [1.165, 1.54) is 6.07 Å². The first-order chi connectivity index (χ1) is 8.16. The molecule has 0 spiro atoms. The molecule has 0 amide bonds. The highest BCUT2D eigenvalue weighted by molar-refractivity contribution is 9.10. The lowest BCUT2D eigenvalue weighted by molar-refractivity contribution is 0.244. The third kappa shape index (κ3) is 3.65. The van der Waals surface area contributed by atoms with Gasteiger partial charge in [-0.1, -0.05) is 11.6 Å². The van der Waals surface area contributed by atoms with Gasteiger partial charge < -0.3 is 10.2 Å². The normalized spacial score (nSPS) is 17.4. The standard InChI is InChI=1S/C12H15BrClFN2/c13-10-7-9(11(14)8-12(10)15)1-4-17-5-2-16-3-6-17/h7-8,16H,1-6H2. The van der Waals surface area contributed by atoms with Crippen LogP contribution in [0.1, 0.15) is 5.56 Å². The van der Waals surface area contributed by atoms with E-state index in [1.807, 2.05) is 0 Å². The van der Waals surface area contributed by atoms with Crippen molar-refractivity contribution < 1.29 is 4.39 Å². The van der Waals surface area contributed by atoms with Crippen molar-refractivity contribution in [3.05, 3.63) is 33.0 Å². The van der Waals surface area contributed by atoms with Crippen molar-refractivity contribution in [2.24, 2.45) is 0 Å². The Labute approximate surface area is 114 Å². The van der Waals surface area contributed by atoms with Gasteiger partial charge in [0.2, 0.25) is 0 Å². The number of hydrogen-bond donors (Lipinski definition) is 1. The zero-order valence-electron chi connectivity index (χ0n) is 9.48. The summed E-state index contributed by atoms with van der Waals surface area (Å²) in [6.45, 7) is 5.20. The molecule has 1 aromatic rings. The summed E-state index contributed by atoms with van der Waals surface area (Å²) in [6.07, 6.45) is 0.859. The summed E-state index contributed by atoms with van der Waals surface area (Å²) in [6, 6.07) is 3.15. The quantitative estimate of drug-likeness (QED) is 0.861. The van der Waals surface area contributed by atoms with Crippen molar-refractivity contribution in [1.29, 1.82) is 0 Å². The van der Waals surface area contributed by atoms with Gasteiger partial charge in [0, 0.05) is 37.7 Å². The average Bonchev–Trinajstić information content (AvgIpc) is 2.33. The molecule has 2 nitrogen and oxygen atoms in total. The fourth-order valence-corrected chi connectivity index (χ4v) is 2.60. The highest BCUT2D eigenvalue weighted by Gasteiger charge is 2.11. The first kappa shape index (κ1) is 13.3. The molecule has 1 aliphatic rings. The van der Waals surface area contributed by atoms with E-state index in [9.17, 15) is 4.39 Å². The van der Waals surface area contributed by atoms with Gasteiger partial charge in [0.05, 0.1) is 4.47 Å². The molecule has 1 heterocycles. The molecule has 0 radical (unpaired) electrons. The van der Waals surface area contributed by atoms with E-state index in [4.69, 9.17) is 11.6 Å². The van der Waals surface area contributed by atoms with Crippen LogP contribution in [0.15, 0.2) is 16.6 Å². The van der Waals surface area contributed by atoms with Gasteiger partial charge in [-0.05, 0) is 40.0 Å². The van der Waals surface area contributed by atoms with Crippen LogP contribution in [-0.4, -0.2) is 37.6 Å². The van der Waals surface area contributed by atoms with Crippen molar-refractivity contribution in [3.63, 3.8) is 0 Å². The predicted octanol–water partition coefficient (Wildman–Crippen LogP) is 2.69. The fraction of sp³-hybridized carbons (Fsp3) is 0.500. The molecule has 2 rings (SSSR count). The monoisotopic (exact) mass is 320 g/mol. The Kier molecular flexibility index (Phi) is 4.79. The van der Waals surface area contributed by atoms with Crippen LogP contribution >= 0.6 is 27.5 Å². The van der Waals surface area contributed by atoms with E-state index in [0.717, 1.165) is 44.7 Å². The highest BCUT2D eigenvalue weighted by atomic mass is 79.9. The summed E-state index contributed by atoms with van der Waals surface area (Å²) in [7, 11) is 0. The lowest BCUT2D eigenvalue weighted by atomic mass is 10.1. The van der Waals surface area contributed by atoms with E-state index in [2.05, 4.69) is 26.1 Å². The zero-order valence-corrected chi connectivity index (χ0v) is 11.8. The molecule has 0 bridgehead atoms. The number of halogens is 3. The molecule has 5 heteroatoms. The lowest BCUT2D eigenvalue weighted by Gasteiger charge is -2.27. The molecule has 1 aromatic carbocycles. The second-order valence-corrected chi connectivity index (χ2v) is 5.46. The third-order valence-corrected chi connectivity index (χ3v) is 3.96. The zero-order chi connectivity index (χ0) is 12.3. The van der Waals surface area contributed by atoms with Crippen LogP contribution in [-0.2, 0) is 6.42 Å². The lowest BCUT2D eigenvalue weighted by Crippen LogP contribution is -2.44. The fourth-order valence-electron chi connectivity index (χ4n) is 1.97. The average molecular weight is 322 g/mol. The molecule has 0 aliphatic carbocycles. The molecular formula is C12H15BrClFN2. The molecule has 1 N–H and O–H groups in total. The SMILES string of the molecule is Fc1cc(Cl)c(CCN2CCNCC2)cc1Br. The van der Waals surface area contributed by atoms with Gasteiger partial charge in [0.15, 0.2) is 0 Å². The van der Waals surface area contributed by atoms with Crippen LogP contribution in [0.25, 0.3) is 0 Å². The summed E-state index contributed by atoms with van der Waals surface area (Å²) in [4.78, 5) is 2.39. The minimum atomic E-state index is -0.305. The molecule has 0 saturated carbocycles. The van der Waals surface area contributed by atoms with Gasteiger partial charge >= 0.3 is 0 Å². The van der Waals surface area contributed by atoms with Crippen LogP contribution in [0.5, 0.6) is 0 Å². The highest BCUT2D eigenvalue weighted by Crippen LogP contribution is 2.25. The Hall–Kier alpha value is -0.160. The van der Waals surface area contributed by atoms with Crippen molar-refractivity contribution in [2.75, 3.05) is 32.7 Å². The van der Waals surface area contributed by atoms with E-state index in [0.29, 0.717) is 9.50 Å². The summed E-state index contributed by atoms with van der Waals surface area (Å²) in [5.74, 6) is -0.305. The summed E-state index contributed by atoms with van der Waals surface area (Å²) < 4.78 is 13.7. The van der Waals surface area contributed by atoms with Gasteiger partial charge in [-0.2, -0.15) is 0 Å². The molecule has 1 fully saturated rings. The van der Waals surface area contributed by atoms with Crippen molar-refractivity contribution in [3.8, 4) is 0 Å². The van der Waals surface area contributed by atoms with Crippen LogP contribution in [0.3, 0.4) is 0 Å². The van der Waals surface area contributed by atoms with Crippen LogP contribution in [0.2, 0.25) is 5.02 Å². The summed E-state index contributed by atoms with van der Waals surface area (Å²) in [5, 5.41) is 3.83. The first-order valence-corrected chi connectivity index (χ1v) is 6.90. The van der Waals surface area contributed by atoms with Crippen molar-refractivity contribution in [2.45, 2.75) is 6.42 Å². The van der Waals surface area contributed by atoms with Gasteiger partial charge in [-0.3, -0.25) is 0 Å². The minimum absolute atomic E-state index is 0.305. The van der Waals surface area contributed by atoms with Gasteiger partial charge in [0.1, 0.15) is 5.82 Å². The molecular weight excluding hydrogens is 307 g/mol. The number of nitrogens with one attached hydrogen (secondary N) is 1. The molecule has 1 saturated heterocycles. The number of benzene rings is 1. The van der Waals surface area contributed by atoms with Gasteiger partial charge in [-0.15, -0.1) is 0 Å². The number of rotatable bonds is 3. The molecule has 0 aromatic heterocycles. The maximum atomic E-state index is 13.2. The largest absolute Gasteiger partial charge is 0.314 e. The molecule has 0 atom stereocenters. The maximum Gasteiger partial charge on any atom is 0.138 e. The number of nitrogens with zero attached hydrogens (tertiary/aromatic N) is 1. The Morgan fingerprint density at radius 2 is 2.06 bits per heavy atom. The van der Waals surface area contributed by atoms with Gasteiger partial charge in [-0.25, -0.2) is 4.39 Å². The second kappa shape index (κ2) is 6.14. The van der Waals surface area contributed by atoms with E-state index in [1.54, 1.807) is 6.07 Å². The summed E-state index contributed by atoms with van der Waals surface area (Å²) >= 11 is 9.22. The Bertz CT molecular complexity index is 394. The molecule has 94 valence electrons. The smallest absolute Gasteiger partial charge is 0.138 e. The maximum absolute atomic E-state index is 13.2. The van der Waals surface area contributed by atoms with Crippen LogP contribution in [0.4, 0.5) is 4.39 Å². The number of piperazine rings is 1. The van der Waals surface area contributed by atoms with Crippen molar-refractivity contribution >= 4 is 27.5 Å². The van der Waals surface area contributed by atoms with E-state index < -0.39 is 0 Å². The van der Waals surface area contributed by atoms with E-state index >= 15 is 0 Å². The Morgan fingerprint density at radius 1 is 1.35 bits per heavy atom. The summed E-state index contributed by atoms with van der Waals surface area (Å²) in [5.41, 5.74) is 0.999. The Morgan fingerprint density at radius 3 is 2.76 bits per heavy atom. The van der Waals surface area contributed by atoms with Crippen LogP contribution in [0, 0.1) is 5.82 Å². The van der Waals surface area contributed by atoms with Gasteiger partial charge in [0.25, 0.3) is 0 Å². The topological polar surface area (TPSA) is 15.3 Å². The third-order valence-electron chi connectivity index (χ3n) is 3.00. The number of hydrogen-bond acceptors (Lipinski definition) is 2. The Balaban J connectivity index is 1.96. The van der Waals surface area contributed by atoms with Crippen molar-refractivity contribution in [1.82, 2.24) is 10.2 Å². The van der Waals surface area contributed by atoms with Crippen LogP contribution < -0.4 is 5.32 Å². The minimum Gasteiger partial charge on any atom is -0.314 e. The molecule has 17 heavy (non-hydrogen) atoms. The molecule has 1 aliphatic heterocycles.